The number of halogens is 3. The first-order chi connectivity index (χ1) is 12.1. The molecule has 0 fully saturated rings. The first-order valence-corrected chi connectivity index (χ1v) is 9.50. The summed E-state index contributed by atoms with van der Waals surface area (Å²) in [6.45, 7) is 1.71. The highest BCUT2D eigenvalue weighted by atomic mass is 32.2. The number of aryl methyl sites for hydroxylation is 1. The lowest BCUT2D eigenvalue weighted by molar-refractivity contribution is -0.142. The van der Waals surface area contributed by atoms with Gasteiger partial charge in [0.15, 0.2) is 9.84 Å². The molecule has 4 nitrogen and oxygen atoms in total. The van der Waals surface area contributed by atoms with E-state index in [-0.39, 0.29) is 10.6 Å². The van der Waals surface area contributed by atoms with Crippen LogP contribution >= 0.6 is 0 Å². The van der Waals surface area contributed by atoms with E-state index in [9.17, 15) is 21.6 Å². The molecule has 0 radical (unpaired) electrons. The number of aromatic nitrogens is 2. The highest BCUT2D eigenvalue weighted by Crippen LogP contribution is 2.34. The van der Waals surface area contributed by atoms with Crippen LogP contribution in [0.15, 0.2) is 59.5 Å². The zero-order valence-electron chi connectivity index (χ0n) is 13.9. The number of para-hydroxylation sites is 1. The minimum absolute atomic E-state index is 0.0932. The molecular formula is C18H15F3N2O2S. The molecule has 0 aliphatic carbocycles. The number of rotatable bonds is 3. The normalized spacial score (nSPS) is 12.3. The molecule has 26 heavy (non-hydrogen) atoms. The van der Waals surface area contributed by atoms with E-state index in [4.69, 9.17) is 0 Å². The van der Waals surface area contributed by atoms with Crippen molar-refractivity contribution in [3.05, 3.63) is 65.9 Å². The third kappa shape index (κ3) is 3.50. The summed E-state index contributed by atoms with van der Waals surface area (Å²) in [6.07, 6.45) is -3.52. The first kappa shape index (κ1) is 18.2. The molecule has 136 valence electrons. The van der Waals surface area contributed by atoms with Crippen molar-refractivity contribution >= 4 is 9.84 Å². The molecule has 0 atom stereocenters. The van der Waals surface area contributed by atoms with Crippen molar-refractivity contribution in [2.24, 2.45) is 0 Å². The third-order valence-corrected chi connectivity index (χ3v) is 5.05. The zero-order chi connectivity index (χ0) is 19.1. The van der Waals surface area contributed by atoms with E-state index >= 15 is 0 Å². The fraction of sp³-hybridized carbons (Fsp3) is 0.167. The van der Waals surface area contributed by atoms with Gasteiger partial charge in [0.05, 0.1) is 16.3 Å². The van der Waals surface area contributed by atoms with Crippen LogP contribution in [-0.4, -0.2) is 24.5 Å². The van der Waals surface area contributed by atoms with Crippen LogP contribution in [0.5, 0.6) is 0 Å². The molecule has 1 heterocycles. The van der Waals surface area contributed by atoms with Crippen LogP contribution in [0.4, 0.5) is 13.2 Å². The minimum atomic E-state index is -4.58. The molecule has 3 aromatic rings. The van der Waals surface area contributed by atoms with Gasteiger partial charge in [-0.25, -0.2) is 13.1 Å². The SMILES string of the molecule is Cc1ccccc1-n1nc(-c2ccc(S(C)(=O)=O)cc2)cc1C(F)(F)F. The number of hydrogen-bond donors (Lipinski definition) is 0. The van der Waals surface area contributed by atoms with E-state index in [2.05, 4.69) is 5.10 Å². The fourth-order valence-corrected chi connectivity index (χ4v) is 3.21. The van der Waals surface area contributed by atoms with Crippen molar-refractivity contribution in [1.29, 1.82) is 0 Å². The Hall–Kier alpha value is -2.61. The van der Waals surface area contributed by atoms with Gasteiger partial charge in [0.1, 0.15) is 5.69 Å². The summed E-state index contributed by atoms with van der Waals surface area (Å²) in [5.41, 5.74) is 0.601. The standard InChI is InChI=1S/C18H15F3N2O2S/c1-12-5-3-4-6-16(12)23-17(18(19,20)21)11-15(22-23)13-7-9-14(10-8-13)26(2,24)25/h3-11H,1-2H3. The van der Waals surface area contributed by atoms with Gasteiger partial charge in [0.2, 0.25) is 0 Å². The largest absolute Gasteiger partial charge is 0.433 e. The van der Waals surface area contributed by atoms with Crippen molar-refractivity contribution in [3.63, 3.8) is 0 Å². The lowest BCUT2D eigenvalue weighted by Crippen LogP contribution is -2.13. The lowest BCUT2D eigenvalue weighted by atomic mass is 10.1. The van der Waals surface area contributed by atoms with Gasteiger partial charge >= 0.3 is 6.18 Å². The van der Waals surface area contributed by atoms with Gasteiger partial charge in [-0.05, 0) is 36.8 Å². The van der Waals surface area contributed by atoms with Crippen LogP contribution in [0.3, 0.4) is 0 Å². The fourth-order valence-electron chi connectivity index (χ4n) is 2.58. The van der Waals surface area contributed by atoms with E-state index in [1.807, 2.05) is 0 Å². The Morgan fingerprint density at radius 2 is 1.62 bits per heavy atom. The zero-order valence-corrected chi connectivity index (χ0v) is 14.8. The third-order valence-electron chi connectivity index (χ3n) is 3.92. The highest BCUT2D eigenvalue weighted by Gasteiger charge is 2.36. The number of benzene rings is 2. The molecule has 0 N–H and O–H groups in total. The molecule has 1 aromatic heterocycles. The summed E-state index contributed by atoms with van der Waals surface area (Å²) >= 11 is 0. The van der Waals surface area contributed by atoms with E-state index < -0.39 is 21.7 Å². The van der Waals surface area contributed by atoms with Crippen LogP contribution in [0.1, 0.15) is 11.3 Å². The second-order valence-electron chi connectivity index (χ2n) is 5.91. The summed E-state index contributed by atoms with van der Waals surface area (Å²) in [6, 6.07) is 13.2. The average Bonchev–Trinajstić information content (AvgIpc) is 3.00. The molecule has 0 saturated heterocycles. The Morgan fingerprint density at radius 3 is 2.15 bits per heavy atom. The molecule has 0 spiro atoms. The van der Waals surface area contributed by atoms with Crippen LogP contribution in [-0.2, 0) is 16.0 Å². The summed E-state index contributed by atoms with van der Waals surface area (Å²) in [5.74, 6) is 0. The van der Waals surface area contributed by atoms with Crippen LogP contribution < -0.4 is 0 Å². The predicted octanol–water partition coefficient (Wildman–Crippen LogP) is 4.27. The topological polar surface area (TPSA) is 52.0 Å². The molecule has 0 aliphatic rings. The summed E-state index contributed by atoms with van der Waals surface area (Å²) < 4.78 is 64.3. The highest BCUT2D eigenvalue weighted by molar-refractivity contribution is 7.90. The van der Waals surface area contributed by atoms with Gasteiger partial charge in [-0.15, -0.1) is 0 Å². The van der Waals surface area contributed by atoms with E-state index in [1.165, 1.54) is 24.3 Å². The maximum Gasteiger partial charge on any atom is 0.433 e. The number of sulfone groups is 1. The van der Waals surface area contributed by atoms with Gasteiger partial charge in [0, 0.05) is 11.8 Å². The molecule has 8 heteroatoms. The summed E-state index contributed by atoms with van der Waals surface area (Å²) in [7, 11) is -3.38. The quantitative estimate of drug-likeness (QED) is 0.682. The Bertz CT molecular complexity index is 1050. The van der Waals surface area contributed by atoms with E-state index in [0.717, 1.165) is 17.0 Å². The van der Waals surface area contributed by atoms with Crippen molar-refractivity contribution in [2.75, 3.05) is 6.26 Å². The van der Waals surface area contributed by atoms with E-state index in [1.54, 1.807) is 31.2 Å². The van der Waals surface area contributed by atoms with Gasteiger partial charge in [-0.2, -0.15) is 18.3 Å². The van der Waals surface area contributed by atoms with E-state index in [0.29, 0.717) is 16.8 Å². The summed E-state index contributed by atoms with van der Waals surface area (Å²) in [4.78, 5) is 0.0932. The van der Waals surface area contributed by atoms with Crippen molar-refractivity contribution in [3.8, 4) is 16.9 Å². The molecule has 0 saturated carbocycles. The maximum atomic E-state index is 13.5. The molecular weight excluding hydrogens is 365 g/mol. The Morgan fingerprint density at radius 1 is 1.00 bits per heavy atom. The molecule has 0 aliphatic heterocycles. The number of alkyl halides is 3. The number of nitrogens with zero attached hydrogens (tertiary/aromatic N) is 2. The molecule has 0 bridgehead atoms. The molecule has 2 aromatic carbocycles. The molecule has 0 amide bonds. The smallest absolute Gasteiger partial charge is 0.228 e. The molecule has 0 unspecified atom stereocenters. The minimum Gasteiger partial charge on any atom is -0.228 e. The van der Waals surface area contributed by atoms with Gasteiger partial charge < -0.3 is 0 Å². The maximum absolute atomic E-state index is 13.5. The van der Waals surface area contributed by atoms with Gasteiger partial charge in [-0.1, -0.05) is 30.3 Å². The van der Waals surface area contributed by atoms with Crippen LogP contribution in [0, 0.1) is 6.92 Å². The Labute approximate surface area is 148 Å². The van der Waals surface area contributed by atoms with Crippen LogP contribution in [0.2, 0.25) is 0 Å². The second-order valence-corrected chi connectivity index (χ2v) is 7.92. The average molecular weight is 380 g/mol. The number of hydrogen-bond acceptors (Lipinski definition) is 3. The predicted molar refractivity (Wildman–Crippen MR) is 91.8 cm³/mol. The molecule has 3 rings (SSSR count). The second kappa shape index (κ2) is 6.28. The Kier molecular flexibility index (Phi) is 4.39. The van der Waals surface area contributed by atoms with Crippen molar-refractivity contribution in [2.45, 2.75) is 18.0 Å². The van der Waals surface area contributed by atoms with Gasteiger partial charge in [-0.3, -0.25) is 0 Å². The lowest BCUT2D eigenvalue weighted by Gasteiger charge is -2.11. The van der Waals surface area contributed by atoms with Gasteiger partial charge in [0.25, 0.3) is 0 Å². The Balaban J connectivity index is 2.15. The van der Waals surface area contributed by atoms with Crippen molar-refractivity contribution < 1.29 is 21.6 Å². The first-order valence-electron chi connectivity index (χ1n) is 7.61. The van der Waals surface area contributed by atoms with Crippen molar-refractivity contribution in [1.82, 2.24) is 9.78 Å². The monoisotopic (exact) mass is 380 g/mol. The summed E-state index contributed by atoms with van der Waals surface area (Å²) in [5, 5.41) is 4.12. The van der Waals surface area contributed by atoms with Crippen LogP contribution in [0.25, 0.3) is 16.9 Å².